The molecule has 2 rings (SSSR count). The summed E-state index contributed by atoms with van der Waals surface area (Å²) in [5.74, 6) is 0. The number of likely N-dealkylation sites (N-methyl/N-ethyl adjacent to an activating group) is 1. The number of hydrogen-bond acceptors (Lipinski definition) is 5. The van der Waals surface area contributed by atoms with E-state index >= 15 is 0 Å². The molecule has 1 aliphatic rings. The third-order valence-corrected chi connectivity index (χ3v) is 5.24. The summed E-state index contributed by atoms with van der Waals surface area (Å²) in [4.78, 5) is 8.48. The molecule has 0 saturated carbocycles. The van der Waals surface area contributed by atoms with Crippen molar-refractivity contribution in [3.05, 3.63) is 15.6 Å². The van der Waals surface area contributed by atoms with E-state index in [1.165, 1.54) is 9.88 Å². The number of hydrogen-bond donors (Lipinski definition) is 1. The molecule has 0 aliphatic carbocycles. The Morgan fingerprint density at radius 1 is 1.45 bits per heavy atom. The van der Waals surface area contributed by atoms with Crippen molar-refractivity contribution in [3.8, 4) is 0 Å². The highest BCUT2D eigenvalue weighted by molar-refractivity contribution is 7.11. The number of rotatable bonds is 5. The maximum absolute atomic E-state index is 5.99. The van der Waals surface area contributed by atoms with Crippen LogP contribution in [0.2, 0.25) is 0 Å². The zero-order valence-corrected chi connectivity index (χ0v) is 14.1. The van der Waals surface area contributed by atoms with Crippen LogP contribution < -0.4 is 5.32 Å². The van der Waals surface area contributed by atoms with E-state index in [0.29, 0.717) is 12.1 Å². The lowest BCUT2D eigenvalue weighted by Crippen LogP contribution is -2.53. The molecule has 1 saturated heterocycles. The highest BCUT2D eigenvalue weighted by atomic mass is 32.1. The van der Waals surface area contributed by atoms with Gasteiger partial charge in [0.1, 0.15) is 0 Å². The molecule has 2 atom stereocenters. The first-order valence-corrected chi connectivity index (χ1v) is 8.28. The van der Waals surface area contributed by atoms with Crippen molar-refractivity contribution in [1.82, 2.24) is 15.2 Å². The molecule has 1 aromatic rings. The average molecular weight is 297 g/mol. The molecule has 0 radical (unpaired) electrons. The van der Waals surface area contributed by atoms with Crippen molar-refractivity contribution < 1.29 is 4.74 Å². The van der Waals surface area contributed by atoms with Gasteiger partial charge in [-0.15, -0.1) is 11.3 Å². The summed E-state index contributed by atoms with van der Waals surface area (Å²) in [7, 11) is 2.02. The lowest BCUT2D eigenvalue weighted by Gasteiger charge is -2.38. The molecule has 0 aromatic carbocycles. The van der Waals surface area contributed by atoms with Crippen molar-refractivity contribution in [2.24, 2.45) is 0 Å². The lowest BCUT2D eigenvalue weighted by molar-refractivity contribution is -0.0541. The van der Waals surface area contributed by atoms with Crippen molar-refractivity contribution in [2.45, 2.75) is 52.3 Å². The Hall–Kier alpha value is -0.490. The Morgan fingerprint density at radius 3 is 2.75 bits per heavy atom. The fourth-order valence-electron chi connectivity index (χ4n) is 2.64. The SMILES string of the molecule is CNC(Cc1nc(C)c(C)s1)C1CN(C(C)C)CCO1. The van der Waals surface area contributed by atoms with Crippen LogP contribution in [0.15, 0.2) is 0 Å². The van der Waals surface area contributed by atoms with E-state index in [2.05, 4.69) is 42.9 Å². The molecule has 114 valence electrons. The number of ether oxygens (including phenoxy) is 1. The standard InChI is InChI=1S/C15H27N3OS/c1-10(2)18-6-7-19-14(9-18)13(16-5)8-15-17-11(3)12(4)20-15/h10,13-14,16H,6-9H2,1-5H3. The summed E-state index contributed by atoms with van der Waals surface area (Å²) in [6.07, 6.45) is 1.20. The van der Waals surface area contributed by atoms with Gasteiger partial charge in [-0.05, 0) is 34.7 Å². The summed E-state index contributed by atoms with van der Waals surface area (Å²) >= 11 is 1.81. The van der Waals surface area contributed by atoms with Gasteiger partial charge in [0, 0.05) is 36.5 Å². The Balaban J connectivity index is 2.00. The molecule has 0 bridgehead atoms. The van der Waals surface area contributed by atoms with Gasteiger partial charge in [-0.1, -0.05) is 0 Å². The number of nitrogens with zero attached hydrogens (tertiary/aromatic N) is 2. The van der Waals surface area contributed by atoms with E-state index in [9.17, 15) is 0 Å². The minimum absolute atomic E-state index is 0.251. The van der Waals surface area contributed by atoms with Crippen LogP contribution in [0.4, 0.5) is 0 Å². The molecule has 0 spiro atoms. The maximum atomic E-state index is 5.99. The van der Waals surface area contributed by atoms with Crippen LogP contribution in [-0.2, 0) is 11.2 Å². The van der Waals surface area contributed by atoms with Gasteiger partial charge in [0.15, 0.2) is 0 Å². The smallest absolute Gasteiger partial charge is 0.0947 e. The Bertz CT molecular complexity index is 413. The van der Waals surface area contributed by atoms with Gasteiger partial charge in [0.2, 0.25) is 0 Å². The second-order valence-corrected chi connectivity index (χ2v) is 7.13. The van der Waals surface area contributed by atoms with Crippen LogP contribution in [0, 0.1) is 13.8 Å². The minimum atomic E-state index is 0.251. The molecule has 4 nitrogen and oxygen atoms in total. The maximum Gasteiger partial charge on any atom is 0.0947 e. The van der Waals surface area contributed by atoms with Gasteiger partial charge in [0.25, 0.3) is 0 Å². The van der Waals surface area contributed by atoms with Crippen molar-refractivity contribution in [2.75, 3.05) is 26.7 Å². The third kappa shape index (κ3) is 3.79. The summed E-state index contributed by atoms with van der Waals surface area (Å²) in [5.41, 5.74) is 1.16. The summed E-state index contributed by atoms with van der Waals surface area (Å²) in [6.45, 7) is 11.6. The molecule has 2 heterocycles. The molecular formula is C15H27N3OS. The Labute approximate surface area is 126 Å². The lowest BCUT2D eigenvalue weighted by atomic mass is 10.1. The van der Waals surface area contributed by atoms with E-state index in [-0.39, 0.29) is 6.10 Å². The molecule has 1 aromatic heterocycles. The fraction of sp³-hybridized carbons (Fsp3) is 0.800. The van der Waals surface area contributed by atoms with Crippen LogP contribution in [0.1, 0.15) is 29.4 Å². The van der Waals surface area contributed by atoms with Gasteiger partial charge in [-0.3, -0.25) is 4.90 Å². The van der Waals surface area contributed by atoms with E-state index in [1.807, 2.05) is 18.4 Å². The number of morpholine rings is 1. The molecule has 0 amide bonds. The molecule has 5 heteroatoms. The van der Waals surface area contributed by atoms with Gasteiger partial charge >= 0.3 is 0 Å². The zero-order valence-electron chi connectivity index (χ0n) is 13.3. The summed E-state index contributed by atoms with van der Waals surface area (Å²) in [5, 5.41) is 4.64. The molecule has 1 N–H and O–H groups in total. The normalized spacial score (nSPS) is 22.4. The highest BCUT2D eigenvalue weighted by Crippen LogP contribution is 2.20. The quantitative estimate of drug-likeness (QED) is 0.902. The van der Waals surface area contributed by atoms with E-state index in [4.69, 9.17) is 4.74 Å². The van der Waals surface area contributed by atoms with Crippen LogP contribution in [0.3, 0.4) is 0 Å². The van der Waals surface area contributed by atoms with Crippen molar-refractivity contribution in [1.29, 1.82) is 0 Å². The first kappa shape index (κ1) is 15.9. The van der Waals surface area contributed by atoms with E-state index in [1.54, 1.807) is 0 Å². The molecule has 2 unspecified atom stereocenters. The van der Waals surface area contributed by atoms with E-state index < -0.39 is 0 Å². The summed E-state index contributed by atoms with van der Waals surface area (Å²) in [6, 6.07) is 0.921. The van der Waals surface area contributed by atoms with Crippen LogP contribution in [-0.4, -0.2) is 54.8 Å². The highest BCUT2D eigenvalue weighted by Gasteiger charge is 2.29. The first-order valence-electron chi connectivity index (χ1n) is 7.47. The van der Waals surface area contributed by atoms with Gasteiger partial charge < -0.3 is 10.1 Å². The number of aryl methyl sites for hydroxylation is 2. The molecular weight excluding hydrogens is 270 g/mol. The van der Waals surface area contributed by atoms with Gasteiger partial charge in [-0.2, -0.15) is 0 Å². The van der Waals surface area contributed by atoms with Crippen molar-refractivity contribution >= 4 is 11.3 Å². The zero-order chi connectivity index (χ0) is 14.7. The average Bonchev–Trinajstić information content (AvgIpc) is 2.75. The third-order valence-electron chi connectivity index (χ3n) is 4.14. The largest absolute Gasteiger partial charge is 0.374 e. The van der Waals surface area contributed by atoms with Gasteiger partial charge in [-0.25, -0.2) is 4.98 Å². The van der Waals surface area contributed by atoms with E-state index in [0.717, 1.165) is 31.8 Å². The monoisotopic (exact) mass is 297 g/mol. The van der Waals surface area contributed by atoms with Crippen molar-refractivity contribution in [3.63, 3.8) is 0 Å². The van der Waals surface area contributed by atoms with Crippen LogP contribution in [0.25, 0.3) is 0 Å². The predicted molar refractivity (Wildman–Crippen MR) is 84.6 cm³/mol. The number of nitrogens with one attached hydrogen (secondary N) is 1. The predicted octanol–water partition coefficient (Wildman–Crippen LogP) is 2.00. The second-order valence-electron chi connectivity index (χ2n) is 5.85. The second kappa shape index (κ2) is 6.98. The van der Waals surface area contributed by atoms with Crippen LogP contribution in [0.5, 0.6) is 0 Å². The topological polar surface area (TPSA) is 37.4 Å². The van der Waals surface area contributed by atoms with Gasteiger partial charge in [0.05, 0.1) is 23.4 Å². The summed E-state index contributed by atoms with van der Waals surface area (Å²) < 4.78 is 5.99. The number of thiazole rings is 1. The fourth-order valence-corrected chi connectivity index (χ4v) is 3.64. The minimum Gasteiger partial charge on any atom is -0.374 e. The first-order chi connectivity index (χ1) is 9.51. The van der Waals surface area contributed by atoms with Crippen LogP contribution >= 0.6 is 11.3 Å². The number of aromatic nitrogens is 1. The molecule has 20 heavy (non-hydrogen) atoms. The molecule has 1 aliphatic heterocycles. The Kier molecular flexibility index (Phi) is 5.55. The molecule has 1 fully saturated rings. The Morgan fingerprint density at radius 2 is 2.20 bits per heavy atom.